The van der Waals surface area contributed by atoms with Gasteiger partial charge in [-0.15, -0.1) is 11.3 Å². The second kappa shape index (κ2) is 8.58. The lowest BCUT2D eigenvalue weighted by molar-refractivity contribution is -0.120. The Morgan fingerprint density at radius 3 is 2.73 bits per heavy atom. The molecule has 1 aliphatic carbocycles. The van der Waals surface area contributed by atoms with Crippen LogP contribution in [0.25, 0.3) is 21.3 Å². The molecular weight excluding hydrogens is 423 g/mol. The predicted molar refractivity (Wildman–Crippen MR) is 116 cm³/mol. The number of rotatable bonds is 5. The van der Waals surface area contributed by atoms with Crippen LogP contribution in [0.1, 0.15) is 32.1 Å². The van der Waals surface area contributed by atoms with Crippen LogP contribution in [0, 0.1) is 17.1 Å². The number of aromatic nitrogens is 2. The Balaban J connectivity index is 1.49. The lowest BCUT2D eigenvalue weighted by Crippen LogP contribution is -2.49. The third kappa shape index (κ3) is 4.25. The number of halogens is 1. The predicted octanol–water partition coefficient (Wildman–Crippen LogP) is 4.23. The number of fused-ring (bicyclic) bond motifs is 1. The highest BCUT2D eigenvalue weighted by Gasteiger charge is 2.33. The van der Waals surface area contributed by atoms with Crippen molar-refractivity contribution in [3.05, 3.63) is 45.8 Å². The molecule has 1 saturated carbocycles. The highest BCUT2D eigenvalue weighted by atomic mass is 32.2. The van der Waals surface area contributed by atoms with Crippen LogP contribution in [0.4, 0.5) is 4.39 Å². The van der Waals surface area contributed by atoms with Gasteiger partial charge in [-0.3, -0.25) is 9.59 Å². The first kappa shape index (κ1) is 20.6. The van der Waals surface area contributed by atoms with Crippen molar-refractivity contribution in [2.45, 2.75) is 42.8 Å². The number of H-pyrrole nitrogens is 1. The second-order valence-corrected chi connectivity index (χ2v) is 9.12. The molecule has 1 amide bonds. The first-order chi connectivity index (χ1) is 14.5. The molecule has 154 valence electrons. The van der Waals surface area contributed by atoms with Crippen LogP contribution in [0.5, 0.6) is 0 Å². The molecule has 0 atom stereocenters. The second-order valence-electron chi connectivity index (χ2n) is 7.30. The normalized spacial score (nSPS) is 15.6. The van der Waals surface area contributed by atoms with E-state index in [0.717, 1.165) is 36.6 Å². The average molecular weight is 443 g/mol. The zero-order valence-electron chi connectivity index (χ0n) is 16.0. The maximum Gasteiger partial charge on any atom is 0.260 e. The summed E-state index contributed by atoms with van der Waals surface area (Å²) in [7, 11) is 0. The minimum Gasteiger partial charge on any atom is -0.337 e. The largest absolute Gasteiger partial charge is 0.337 e. The van der Waals surface area contributed by atoms with E-state index in [1.54, 1.807) is 12.1 Å². The zero-order chi connectivity index (χ0) is 21.1. The molecule has 1 fully saturated rings. The minimum absolute atomic E-state index is 0.0636. The lowest BCUT2D eigenvalue weighted by atomic mass is 9.83. The number of hydrogen-bond acceptors (Lipinski definition) is 6. The first-order valence-corrected chi connectivity index (χ1v) is 11.5. The minimum atomic E-state index is -0.779. The summed E-state index contributed by atoms with van der Waals surface area (Å²) in [5.41, 5.74) is 0.359. The van der Waals surface area contributed by atoms with E-state index in [9.17, 15) is 19.2 Å². The van der Waals surface area contributed by atoms with Gasteiger partial charge < -0.3 is 10.3 Å². The molecule has 0 bridgehead atoms. The molecule has 2 aromatic heterocycles. The van der Waals surface area contributed by atoms with Crippen LogP contribution in [-0.4, -0.2) is 27.2 Å². The highest BCUT2D eigenvalue weighted by molar-refractivity contribution is 7.99. The van der Waals surface area contributed by atoms with Gasteiger partial charge in [0.1, 0.15) is 16.2 Å². The van der Waals surface area contributed by atoms with Gasteiger partial charge in [-0.25, -0.2) is 9.37 Å². The van der Waals surface area contributed by atoms with Gasteiger partial charge in [-0.1, -0.05) is 43.2 Å². The molecule has 30 heavy (non-hydrogen) atoms. The van der Waals surface area contributed by atoms with E-state index < -0.39 is 5.54 Å². The number of nitriles is 1. The molecule has 0 spiro atoms. The maximum atomic E-state index is 13.2. The number of hydrogen-bond donors (Lipinski definition) is 2. The topological polar surface area (TPSA) is 98.6 Å². The molecule has 9 heteroatoms. The van der Waals surface area contributed by atoms with Crippen LogP contribution < -0.4 is 10.9 Å². The van der Waals surface area contributed by atoms with Crippen LogP contribution in [0.15, 0.2) is 39.6 Å². The van der Waals surface area contributed by atoms with Crippen molar-refractivity contribution in [1.29, 1.82) is 5.26 Å². The number of carbonyl (C=O) groups is 1. The fourth-order valence-corrected chi connectivity index (χ4v) is 5.36. The Labute approximate surface area is 180 Å². The fraction of sp³-hybridized carbons (Fsp3) is 0.333. The number of aromatic amines is 1. The summed E-state index contributed by atoms with van der Waals surface area (Å²) in [6.07, 6.45) is 4.28. The average Bonchev–Trinajstić information content (AvgIpc) is 3.18. The number of thiophene rings is 1. The van der Waals surface area contributed by atoms with E-state index in [4.69, 9.17) is 0 Å². The Bertz CT molecular complexity index is 1170. The third-order valence-electron chi connectivity index (χ3n) is 5.22. The summed E-state index contributed by atoms with van der Waals surface area (Å²) < 4.78 is 13.2. The van der Waals surface area contributed by atoms with Crippen LogP contribution in [-0.2, 0) is 4.79 Å². The zero-order valence-corrected chi connectivity index (χ0v) is 17.7. The van der Waals surface area contributed by atoms with Crippen molar-refractivity contribution in [3.8, 4) is 17.2 Å². The number of nitrogens with zero attached hydrogens (tertiary/aromatic N) is 2. The van der Waals surface area contributed by atoms with Gasteiger partial charge >= 0.3 is 0 Å². The van der Waals surface area contributed by atoms with E-state index in [-0.39, 0.29) is 23.0 Å². The molecule has 1 aliphatic rings. The number of nitrogens with one attached hydrogen (secondary N) is 2. The van der Waals surface area contributed by atoms with Crippen molar-refractivity contribution in [1.82, 2.24) is 15.3 Å². The molecule has 1 aromatic carbocycles. The monoisotopic (exact) mass is 442 g/mol. The molecule has 3 aromatic rings. The smallest absolute Gasteiger partial charge is 0.260 e. The van der Waals surface area contributed by atoms with Crippen molar-refractivity contribution in [2.75, 3.05) is 5.75 Å². The summed E-state index contributed by atoms with van der Waals surface area (Å²) >= 11 is 2.46. The Hall–Kier alpha value is -2.70. The van der Waals surface area contributed by atoms with E-state index in [2.05, 4.69) is 21.4 Å². The highest BCUT2D eigenvalue weighted by Crippen LogP contribution is 2.32. The Kier molecular flexibility index (Phi) is 5.88. The summed E-state index contributed by atoms with van der Waals surface area (Å²) in [5, 5.41) is 15.0. The van der Waals surface area contributed by atoms with Gasteiger partial charge in [0.2, 0.25) is 5.91 Å². The van der Waals surface area contributed by atoms with Gasteiger partial charge in [-0.2, -0.15) is 5.26 Å². The molecule has 4 rings (SSSR count). The van der Waals surface area contributed by atoms with Crippen LogP contribution >= 0.6 is 23.1 Å². The SMILES string of the molecule is N#CC1(NC(=O)CSc2nc3scc(-c4ccc(F)cc4)c3c(=O)[nH]2)CCCCC1. The molecule has 0 radical (unpaired) electrons. The summed E-state index contributed by atoms with van der Waals surface area (Å²) in [4.78, 5) is 32.8. The van der Waals surface area contributed by atoms with Gasteiger partial charge in [0.25, 0.3) is 5.56 Å². The van der Waals surface area contributed by atoms with Gasteiger partial charge in [0.05, 0.1) is 17.2 Å². The Morgan fingerprint density at radius 1 is 1.30 bits per heavy atom. The number of carbonyl (C=O) groups excluding carboxylic acids is 1. The number of benzene rings is 1. The van der Waals surface area contributed by atoms with Crippen molar-refractivity contribution < 1.29 is 9.18 Å². The third-order valence-corrected chi connectivity index (χ3v) is 6.96. The van der Waals surface area contributed by atoms with Crippen LogP contribution in [0.2, 0.25) is 0 Å². The summed E-state index contributed by atoms with van der Waals surface area (Å²) in [5.74, 6) is -0.522. The van der Waals surface area contributed by atoms with Crippen molar-refractivity contribution in [2.24, 2.45) is 0 Å². The summed E-state index contributed by atoms with van der Waals surface area (Å²) in [6, 6.07) is 8.22. The fourth-order valence-electron chi connectivity index (χ4n) is 3.70. The lowest BCUT2D eigenvalue weighted by Gasteiger charge is -2.31. The summed E-state index contributed by atoms with van der Waals surface area (Å²) in [6.45, 7) is 0. The van der Waals surface area contributed by atoms with Crippen molar-refractivity contribution in [3.63, 3.8) is 0 Å². The molecule has 2 heterocycles. The van der Waals surface area contributed by atoms with E-state index >= 15 is 0 Å². The van der Waals surface area contributed by atoms with Gasteiger partial charge in [-0.05, 0) is 30.5 Å². The van der Waals surface area contributed by atoms with E-state index in [1.807, 2.05) is 5.38 Å². The molecule has 0 aliphatic heterocycles. The van der Waals surface area contributed by atoms with Crippen LogP contribution in [0.3, 0.4) is 0 Å². The molecule has 2 N–H and O–H groups in total. The number of amides is 1. The standard InChI is InChI=1S/C21H19FN4O2S2/c22-14-6-4-13(5-7-14)15-10-29-19-17(15)18(28)24-20(25-19)30-11-16(27)26-21(12-23)8-2-1-3-9-21/h4-7,10H,1-3,8-9,11H2,(H,26,27)(H,24,25,28). The number of thioether (sulfide) groups is 1. The maximum absolute atomic E-state index is 13.2. The molecule has 0 saturated heterocycles. The first-order valence-electron chi connectivity index (χ1n) is 9.62. The van der Waals surface area contributed by atoms with E-state index in [1.165, 1.54) is 23.5 Å². The van der Waals surface area contributed by atoms with Gasteiger partial charge in [0, 0.05) is 10.9 Å². The van der Waals surface area contributed by atoms with Crippen molar-refractivity contribution >= 4 is 39.2 Å². The molecule has 6 nitrogen and oxygen atoms in total. The van der Waals surface area contributed by atoms with E-state index in [0.29, 0.717) is 33.8 Å². The quantitative estimate of drug-likeness (QED) is 0.455. The molecule has 0 unspecified atom stereocenters. The molecular formula is C21H19FN4O2S2. The van der Waals surface area contributed by atoms with Gasteiger partial charge in [0.15, 0.2) is 5.16 Å². The Morgan fingerprint density at radius 2 is 2.03 bits per heavy atom.